The highest BCUT2D eigenvalue weighted by Gasteiger charge is 2.19. The maximum Gasteiger partial charge on any atom is 0.258 e. The number of hydrogen-bond donors (Lipinski definition) is 1. The summed E-state index contributed by atoms with van der Waals surface area (Å²) in [6.07, 6.45) is 3.78. The number of nitrogens with zero attached hydrogens (tertiary/aromatic N) is 1. The van der Waals surface area contributed by atoms with E-state index in [1.165, 1.54) is 29.8 Å². The Kier molecular flexibility index (Phi) is 5.14. The zero-order valence-electron chi connectivity index (χ0n) is 15.2. The maximum atomic E-state index is 12.3. The molecule has 0 spiro atoms. The number of nitrogens with one attached hydrogen (secondary N) is 1. The van der Waals surface area contributed by atoms with Gasteiger partial charge in [-0.05, 0) is 30.2 Å². The topological polar surface area (TPSA) is 84.9 Å². The number of furan rings is 1. The van der Waals surface area contributed by atoms with Crippen LogP contribution in [-0.4, -0.2) is 19.1 Å². The Bertz CT molecular complexity index is 1010. The molecular formula is C21H20N2O5. The average Bonchev–Trinajstić information content (AvgIpc) is 3.36. The first kappa shape index (κ1) is 17.9. The highest BCUT2D eigenvalue weighted by Crippen LogP contribution is 2.28. The van der Waals surface area contributed by atoms with Crippen LogP contribution in [0, 0.1) is 0 Å². The zero-order chi connectivity index (χ0) is 19.3. The first-order valence-corrected chi connectivity index (χ1v) is 9.05. The summed E-state index contributed by atoms with van der Waals surface area (Å²) in [6, 6.07) is 13.1. The molecule has 0 saturated heterocycles. The van der Waals surface area contributed by atoms with Gasteiger partial charge in [0.15, 0.2) is 6.61 Å². The minimum Gasteiger partial charge on any atom is -0.477 e. The van der Waals surface area contributed by atoms with Crippen LogP contribution >= 0.6 is 0 Å². The molecule has 0 saturated carbocycles. The van der Waals surface area contributed by atoms with Crippen molar-refractivity contribution in [2.75, 3.05) is 18.1 Å². The molecule has 7 nitrogen and oxygen atoms in total. The molecule has 0 radical (unpaired) electrons. The van der Waals surface area contributed by atoms with E-state index in [0.29, 0.717) is 18.1 Å². The molecule has 1 aliphatic rings. The molecule has 144 valence electrons. The van der Waals surface area contributed by atoms with E-state index >= 15 is 0 Å². The molecule has 3 heterocycles. The van der Waals surface area contributed by atoms with Crippen molar-refractivity contribution >= 4 is 11.6 Å². The fourth-order valence-corrected chi connectivity index (χ4v) is 3.18. The number of benzene rings is 1. The van der Waals surface area contributed by atoms with Crippen LogP contribution in [0.3, 0.4) is 0 Å². The monoisotopic (exact) mass is 380 g/mol. The number of carbonyl (C=O) groups excluding carboxylic acids is 1. The van der Waals surface area contributed by atoms with Crippen molar-refractivity contribution in [1.29, 1.82) is 0 Å². The van der Waals surface area contributed by atoms with E-state index in [2.05, 4.69) is 22.3 Å². The summed E-state index contributed by atoms with van der Waals surface area (Å²) in [7, 11) is 0. The van der Waals surface area contributed by atoms with Gasteiger partial charge in [0.05, 0.1) is 19.4 Å². The quantitative estimate of drug-likeness (QED) is 0.678. The Balaban J connectivity index is 1.32. The number of ether oxygens (including phenoxy) is 1. The van der Waals surface area contributed by atoms with Gasteiger partial charge in [-0.3, -0.25) is 9.59 Å². The van der Waals surface area contributed by atoms with Gasteiger partial charge in [0.1, 0.15) is 17.8 Å². The van der Waals surface area contributed by atoms with Crippen LogP contribution in [0.1, 0.15) is 17.1 Å². The lowest BCUT2D eigenvalue weighted by Crippen LogP contribution is -2.29. The smallest absolute Gasteiger partial charge is 0.258 e. The Hall–Kier alpha value is -3.48. The summed E-state index contributed by atoms with van der Waals surface area (Å²) in [5.41, 5.74) is 2.15. The number of carbonyl (C=O) groups is 1. The van der Waals surface area contributed by atoms with E-state index in [9.17, 15) is 9.59 Å². The molecule has 7 heteroatoms. The number of rotatable bonds is 7. The van der Waals surface area contributed by atoms with Gasteiger partial charge in [-0.2, -0.15) is 0 Å². The lowest BCUT2D eigenvalue weighted by Gasteiger charge is -2.18. The predicted octanol–water partition coefficient (Wildman–Crippen LogP) is 2.49. The molecule has 0 bridgehead atoms. The summed E-state index contributed by atoms with van der Waals surface area (Å²) in [4.78, 5) is 26.3. The Morgan fingerprint density at radius 3 is 2.86 bits per heavy atom. The number of anilines is 1. The molecule has 1 amide bonds. The maximum absolute atomic E-state index is 12.3. The van der Waals surface area contributed by atoms with Gasteiger partial charge < -0.3 is 23.8 Å². The van der Waals surface area contributed by atoms with Gasteiger partial charge in [-0.25, -0.2) is 0 Å². The van der Waals surface area contributed by atoms with Crippen molar-refractivity contribution in [2.45, 2.75) is 19.5 Å². The van der Waals surface area contributed by atoms with Crippen LogP contribution in [0.2, 0.25) is 0 Å². The van der Waals surface area contributed by atoms with Gasteiger partial charge in [0.2, 0.25) is 11.2 Å². The second-order valence-electron chi connectivity index (χ2n) is 6.52. The van der Waals surface area contributed by atoms with E-state index in [1.807, 2.05) is 12.1 Å². The molecule has 2 aromatic heterocycles. The van der Waals surface area contributed by atoms with Crippen molar-refractivity contribution < 1.29 is 18.4 Å². The third kappa shape index (κ3) is 4.09. The minimum atomic E-state index is -0.353. The molecule has 0 unspecified atom stereocenters. The Labute approximate surface area is 161 Å². The fraction of sp³-hybridized carbons (Fsp3) is 0.238. The zero-order valence-corrected chi connectivity index (χ0v) is 15.2. The number of para-hydroxylation sites is 1. The molecular weight excluding hydrogens is 360 g/mol. The molecule has 1 aliphatic heterocycles. The lowest BCUT2D eigenvalue weighted by molar-refractivity contribution is -0.123. The molecule has 4 rings (SSSR count). The van der Waals surface area contributed by atoms with E-state index < -0.39 is 0 Å². The number of hydrogen-bond acceptors (Lipinski definition) is 6. The second kappa shape index (κ2) is 8.04. The minimum absolute atomic E-state index is 0.0127. The third-order valence-electron chi connectivity index (χ3n) is 4.58. The highest BCUT2D eigenvalue weighted by atomic mass is 16.5. The van der Waals surface area contributed by atoms with E-state index in [1.54, 1.807) is 12.1 Å². The standard InChI is InChI=1S/C21H20N2O5/c24-19-10-17(12-23-8-7-15-4-1-2-6-18(15)23)27-13-20(19)28-14-21(25)22-11-16-5-3-9-26-16/h1-6,9-10,13H,7-8,11-12,14H2,(H,22,25). The molecule has 1 aromatic carbocycles. The number of amides is 1. The van der Waals surface area contributed by atoms with E-state index in [-0.39, 0.29) is 30.2 Å². The van der Waals surface area contributed by atoms with Crippen LogP contribution in [0.5, 0.6) is 5.75 Å². The van der Waals surface area contributed by atoms with Crippen LogP contribution in [0.4, 0.5) is 5.69 Å². The van der Waals surface area contributed by atoms with Crippen molar-refractivity contribution in [3.05, 3.63) is 82.3 Å². The molecule has 0 fully saturated rings. The van der Waals surface area contributed by atoms with Gasteiger partial charge in [0.25, 0.3) is 5.91 Å². The molecule has 0 atom stereocenters. The molecule has 28 heavy (non-hydrogen) atoms. The van der Waals surface area contributed by atoms with E-state index in [4.69, 9.17) is 13.6 Å². The predicted molar refractivity (Wildman–Crippen MR) is 102 cm³/mol. The summed E-state index contributed by atoms with van der Waals surface area (Å²) in [5, 5.41) is 2.65. The molecule has 3 aromatic rings. The Morgan fingerprint density at radius 2 is 2.04 bits per heavy atom. The highest BCUT2D eigenvalue weighted by molar-refractivity contribution is 5.77. The van der Waals surface area contributed by atoms with Gasteiger partial charge >= 0.3 is 0 Å². The normalized spacial score (nSPS) is 12.6. The molecule has 1 N–H and O–H groups in total. The largest absolute Gasteiger partial charge is 0.477 e. The van der Waals surface area contributed by atoms with Crippen molar-refractivity contribution in [1.82, 2.24) is 5.32 Å². The first-order chi connectivity index (χ1) is 13.7. The second-order valence-corrected chi connectivity index (χ2v) is 6.52. The van der Waals surface area contributed by atoms with Crippen molar-refractivity contribution in [3.63, 3.8) is 0 Å². The van der Waals surface area contributed by atoms with Crippen molar-refractivity contribution in [3.8, 4) is 5.75 Å². The summed E-state index contributed by atoms with van der Waals surface area (Å²) < 4.78 is 16.0. The molecule has 0 aliphatic carbocycles. The Morgan fingerprint density at radius 1 is 1.14 bits per heavy atom. The lowest BCUT2D eigenvalue weighted by atomic mass is 10.2. The number of fused-ring (bicyclic) bond motifs is 1. The third-order valence-corrected chi connectivity index (χ3v) is 4.58. The first-order valence-electron chi connectivity index (χ1n) is 9.05. The van der Waals surface area contributed by atoms with Crippen LogP contribution in [0.15, 0.2) is 68.6 Å². The summed E-state index contributed by atoms with van der Waals surface area (Å²) >= 11 is 0. The average molecular weight is 380 g/mol. The van der Waals surface area contributed by atoms with Gasteiger partial charge in [0, 0.05) is 18.3 Å². The van der Waals surface area contributed by atoms with E-state index in [0.717, 1.165) is 13.0 Å². The summed E-state index contributed by atoms with van der Waals surface area (Å²) in [6.45, 7) is 1.39. The SMILES string of the molecule is O=C(COc1coc(CN2CCc3ccccc32)cc1=O)NCc1ccco1. The van der Waals surface area contributed by atoms with Gasteiger partial charge in [-0.15, -0.1) is 0 Å². The summed E-state index contributed by atoms with van der Waals surface area (Å²) in [5.74, 6) is 0.851. The van der Waals surface area contributed by atoms with Crippen LogP contribution in [0.25, 0.3) is 0 Å². The van der Waals surface area contributed by atoms with Gasteiger partial charge in [-0.1, -0.05) is 18.2 Å². The van der Waals surface area contributed by atoms with Crippen LogP contribution < -0.4 is 20.4 Å². The van der Waals surface area contributed by atoms with Crippen LogP contribution in [-0.2, 0) is 24.3 Å². The fourth-order valence-electron chi connectivity index (χ4n) is 3.18. The van der Waals surface area contributed by atoms with Crippen molar-refractivity contribution in [2.24, 2.45) is 0 Å².